The van der Waals surface area contributed by atoms with E-state index in [0.29, 0.717) is 4.47 Å². The Morgan fingerprint density at radius 2 is 1.95 bits per heavy atom. The first kappa shape index (κ1) is 13.7. The van der Waals surface area contributed by atoms with Gasteiger partial charge >= 0.3 is 0 Å². The van der Waals surface area contributed by atoms with Gasteiger partial charge in [0.15, 0.2) is 29.1 Å². The Balaban J connectivity index is 2.16. The second kappa shape index (κ2) is 4.96. The van der Waals surface area contributed by atoms with Gasteiger partial charge in [-0.3, -0.25) is 0 Å². The van der Waals surface area contributed by atoms with Crippen LogP contribution in [0, 0.1) is 17.5 Å². The molecule has 8 heteroatoms. The minimum atomic E-state index is -1.25. The smallest absolute Gasteiger partial charge is 0.190 e. The van der Waals surface area contributed by atoms with Crippen molar-refractivity contribution in [3.05, 3.63) is 46.5 Å². The van der Waals surface area contributed by atoms with Crippen LogP contribution in [0.3, 0.4) is 0 Å². The van der Waals surface area contributed by atoms with Crippen LogP contribution in [0.1, 0.15) is 0 Å². The zero-order chi connectivity index (χ0) is 15.1. The molecule has 1 aromatic heterocycles. The minimum Gasteiger partial charge on any atom is -0.441 e. The number of oxazole rings is 1. The van der Waals surface area contributed by atoms with Crippen molar-refractivity contribution < 1.29 is 17.6 Å². The van der Waals surface area contributed by atoms with Crippen molar-refractivity contribution in [2.75, 3.05) is 11.1 Å². The van der Waals surface area contributed by atoms with E-state index < -0.39 is 23.1 Å². The number of nitrogens with one attached hydrogen (secondary N) is 1. The third-order valence-corrected chi connectivity index (χ3v) is 3.39. The Morgan fingerprint density at radius 1 is 1.19 bits per heavy atom. The molecule has 0 amide bonds. The topological polar surface area (TPSA) is 64.1 Å². The Morgan fingerprint density at radius 3 is 2.67 bits per heavy atom. The molecule has 2 aromatic carbocycles. The molecule has 0 radical (unpaired) electrons. The monoisotopic (exact) mass is 357 g/mol. The number of anilines is 3. The van der Waals surface area contributed by atoms with Crippen molar-refractivity contribution in [3.8, 4) is 0 Å². The van der Waals surface area contributed by atoms with E-state index in [2.05, 4.69) is 26.2 Å². The number of nitrogen functional groups attached to an aromatic ring is 1. The quantitative estimate of drug-likeness (QED) is 0.670. The first-order valence-electron chi connectivity index (χ1n) is 5.70. The third kappa shape index (κ3) is 2.21. The molecule has 0 bridgehead atoms. The Hall–Kier alpha value is -2.22. The molecule has 0 aliphatic heterocycles. The van der Waals surface area contributed by atoms with Gasteiger partial charge in [0.1, 0.15) is 17.2 Å². The fraction of sp³-hybridized carbons (Fsp3) is 0. The maximum absolute atomic E-state index is 14.0. The maximum atomic E-state index is 14.0. The maximum Gasteiger partial charge on any atom is 0.190 e. The Labute approximate surface area is 124 Å². The molecule has 3 rings (SSSR count). The number of nitrogens with zero attached hydrogens (tertiary/aromatic N) is 1. The zero-order valence-corrected chi connectivity index (χ0v) is 11.8. The van der Waals surface area contributed by atoms with E-state index in [4.69, 9.17) is 10.2 Å². The number of aromatic nitrogens is 1. The van der Waals surface area contributed by atoms with Crippen molar-refractivity contribution >= 4 is 44.1 Å². The lowest BCUT2D eigenvalue weighted by Gasteiger charge is -2.12. The number of hydrogen-bond acceptors (Lipinski definition) is 4. The first-order chi connectivity index (χ1) is 9.99. The van der Waals surface area contributed by atoms with E-state index >= 15 is 0 Å². The SMILES string of the molecule is Nc1c(Nc2ccc(Br)cc2F)c(F)c(F)c2ncoc12. The van der Waals surface area contributed by atoms with Crippen molar-refractivity contribution in [1.82, 2.24) is 4.98 Å². The number of halogens is 4. The van der Waals surface area contributed by atoms with Gasteiger partial charge in [-0.2, -0.15) is 0 Å². The molecule has 3 N–H and O–H groups in total. The summed E-state index contributed by atoms with van der Waals surface area (Å²) in [5.41, 5.74) is 4.66. The van der Waals surface area contributed by atoms with Crippen LogP contribution >= 0.6 is 15.9 Å². The predicted molar refractivity (Wildman–Crippen MR) is 75.7 cm³/mol. The summed E-state index contributed by atoms with van der Waals surface area (Å²) >= 11 is 3.10. The molecular formula is C13H7BrF3N3O. The van der Waals surface area contributed by atoms with Gasteiger partial charge in [-0.25, -0.2) is 18.2 Å². The molecule has 0 aliphatic rings. The molecule has 1 heterocycles. The van der Waals surface area contributed by atoms with Crippen LogP contribution in [0.4, 0.5) is 30.2 Å². The highest BCUT2D eigenvalue weighted by molar-refractivity contribution is 9.10. The summed E-state index contributed by atoms with van der Waals surface area (Å²) in [6.45, 7) is 0. The molecular weight excluding hydrogens is 351 g/mol. The number of rotatable bonds is 2. The highest BCUT2D eigenvalue weighted by atomic mass is 79.9. The average Bonchev–Trinajstić information content (AvgIpc) is 2.93. The second-order valence-corrected chi connectivity index (χ2v) is 5.11. The summed E-state index contributed by atoms with van der Waals surface area (Å²) in [5.74, 6) is -3.12. The number of benzene rings is 2. The molecule has 0 aliphatic carbocycles. The van der Waals surface area contributed by atoms with Crippen LogP contribution in [0.2, 0.25) is 0 Å². The molecule has 0 saturated carbocycles. The molecule has 0 unspecified atom stereocenters. The van der Waals surface area contributed by atoms with Gasteiger partial charge in [0.2, 0.25) is 0 Å². The summed E-state index contributed by atoms with van der Waals surface area (Å²) in [4.78, 5) is 3.55. The number of fused-ring (bicyclic) bond motifs is 1. The van der Waals surface area contributed by atoms with E-state index in [1.54, 1.807) is 6.07 Å². The summed E-state index contributed by atoms with van der Waals surface area (Å²) in [6, 6.07) is 4.09. The van der Waals surface area contributed by atoms with Gasteiger partial charge in [0.25, 0.3) is 0 Å². The average molecular weight is 358 g/mol. The van der Waals surface area contributed by atoms with Gasteiger partial charge in [0.05, 0.1) is 5.69 Å². The third-order valence-electron chi connectivity index (χ3n) is 2.89. The summed E-state index contributed by atoms with van der Waals surface area (Å²) in [6.07, 6.45) is 0.952. The van der Waals surface area contributed by atoms with Gasteiger partial charge in [-0.1, -0.05) is 15.9 Å². The Bertz CT molecular complexity index is 850. The summed E-state index contributed by atoms with van der Waals surface area (Å²) in [7, 11) is 0. The molecule has 4 nitrogen and oxygen atoms in total. The van der Waals surface area contributed by atoms with Crippen LogP contribution < -0.4 is 11.1 Å². The number of nitrogens with two attached hydrogens (primary N) is 1. The molecule has 0 fully saturated rings. The minimum absolute atomic E-state index is 0.0536. The first-order valence-corrected chi connectivity index (χ1v) is 6.50. The molecule has 0 spiro atoms. The fourth-order valence-corrected chi connectivity index (χ4v) is 2.22. The lowest BCUT2D eigenvalue weighted by Crippen LogP contribution is -2.04. The van der Waals surface area contributed by atoms with Crippen LogP contribution in [0.15, 0.2) is 33.5 Å². The lowest BCUT2D eigenvalue weighted by molar-refractivity contribution is 0.518. The van der Waals surface area contributed by atoms with E-state index in [-0.39, 0.29) is 22.5 Å². The van der Waals surface area contributed by atoms with Crippen LogP contribution in [-0.4, -0.2) is 4.98 Å². The fourth-order valence-electron chi connectivity index (χ4n) is 1.89. The largest absolute Gasteiger partial charge is 0.441 e. The van der Waals surface area contributed by atoms with Crippen LogP contribution in [-0.2, 0) is 0 Å². The highest BCUT2D eigenvalue weighted by Gasteiger charge is 2.22. The second-order valence-electron chi connectivity index (χ2n) is 4.20. The lowest BCUT2D eigenvalue weighted by atomic mass is 10.2. The van der Waals surface area contributed by atoms with Gasteiger partial charge in [0, 0.05) is 4.47 Å². The molecule has 0 saturated heterocycles. The number of hydrogen-bond donors (Lipinski definition) is 2. The molecule has 21 heavy (non-hydrogen) atoms. The van der Waals surface area contributed by atoms with E-state index in [9.17, 15) is 13.2 Å². The predicted octanol–water partition coefficient (Wildman–Crippen LogP) is 4.33. The normalized spacial score (nSPS) is 11.0. The standard InChI is InChI=1S/C13H7BrF3N3O/c14-5-1-2-7(6(15)3-5)20-11-8(16)9(17)12-13(10(11)18)21-4-19-12/h1-4,20H,18H2. The molecule has 0 atom stereocenters. The molecule has 3 aromatic rings. The van der Waals surface area contributed by atoms with Crippen LogP contribution in [0.5, 0.6) is 0 Å². The van der Waals surface area contributed by atoms with Crippen molar-refractivity contribution in [2.45, 2.75) is 0 Å². The summed E-state index contributed by atoms with van der Waals surface area (Å²) in [5, 5.41) is 2.44. The van der Waals surface area contributed by atoms with E-state index in [0.717, 1.165) is 6.39 Å². The molecule has 108 valence electrons. The highest BCUT2D eigenvalue weighted by Crippen LogP contribution is 2.36. The van der Waals surface area contributed by atoms with Gasteiger partial charge in [-0.15, -0.1) is 0 Å². The zero-order valence-electron chi connectivity index (χ0n) is 10.3. The van der Waals surface area contributed by atoms with Crippen molar-refractivity contribution in [2.24, 2.45) is 0 Å². The summed E-state index contributed by atoms with van der Waals surface area (Å²) < 4.78 is 47.1. The van der Waals surface area contributed by atoms with Gasteiger partial charge in [-0.05, 0) is 18.2 Å². The van der Waals surface area contributed by atoms with Crippen LogP contribution in [0.25, 0.3) is 11.1 Å². The van der Waals surface area contributed by atoms with E-state index in [1.807, 2.05) is 0 Å². The van der Waals surface area contributed by atoms with Gasteiger partial charge < -0.3 is 15.5 Å². The Kier molecular flexibility index (Phi) is 3.25. The van der Waals surface area contributed by atoms with Crippen molar-refractivity contribution in [3.63, 3.8) is 0 Å². The van der Waals surface area contributed by atoms with Crippen molar-refractivity contribution in [1.29, 1.82) is 0 Å². The van der Waals surface area contributed by atoms with E-state index in [1.165, 1.54) is 12.1 Å².